The van der Waals surface area contributed by atoms with E-state index in [4.69, 9.17) is 18.9 Å². The lowest BCUT2D eigenvalue weighted by Crippen LogP contribution is -2.28. The number of hydrogen-bond donors (Lipinski definition) is 0. The quantitative estimate of drug-likeness (QED) is 0.253. The van der Waals surface area contributed by atoms with Gasteiger partial charge in [0, 0.05) is 23.3 Å². The van der Waals surface area contributed by atoms with Crippen LogP contribution >= 0.6 is 0 Å². The van der Waals surface area contributed by atoms with Crippen molar-refractivity contribution in [3.63, 3.8) is 0 Å². The first-order chi connectivity index (χ1) is 16.9. The Balaban J connectivity index is 2.42. The normalized spacial score (nSPS) is 12.5. The van der Waals surface area contributed by atoms with Crippen molar-refractivity contribution in [2.75, 3.05) is 27.4 Å². The van der Waals surface area contributed by atoms with E-state index in [-0.39, 0.29) is 30.4 Å². The maximum Gasteiger partial charge on any atom is 0.326 e. The molecule has 184 valence electrons. The van der Waals surface area contributed by atoms with Crippen LogP contribution in [0.4, 0.5) is 0 Å². The summed E-state index contributed by atoms with van der Waals surface area (Å²) in [4.78, 5) is 59.6. The molecule has 3 rings (SSSR count). The number of methoxy groups -OCH3 is 2. The number of aromatic nitrogens is 3. The summed E-state index contributed by atoms with van der Waals surface area (Å²) in [6.07, 6.45) is 2.95. The molecule has 0 fully saturated rings. The molecule has 2 aromatic heterocycles. The molecule has 11 heteroatoms. The largest absolute Gasteiger partial charge is 0.468 e. The molecule has 0 N–H and O–H groups in total. The smallest absolute Gasteiger partial charge is 0.326 e. The van der Waals surface area contributed by atoms with E-state index in [0.717, 1.165) is 14.2 Å². The number of hydrogen-bond acceptors (Lipinski definition) is 10. The summed E-state index contributed by atoms with van der Waals surface area (Å²) in [7, 11) is 2.31. The Bertz CT molecular complexity index is 1240. The van der Waals surface area contributed by atoms with Crippen LogP contribution in [0.3, 0.4) is 0 Å². The molecule has 2 unspecified atom stereocenters. The van der Waals surface area contributed by atoms with E-state index in [2.05, 4.69) is 9.97 Å². The Morgan fingerprint density at radius 3 is 1.97 bits per heavy atom. The highest BCUT2D eigenvalue weighted by molar-refractivity contribution is 6.06. The number of esters is 4. The van der Waals surface area contributed by atoms with Crippen LogP contribution in [0.5, 0.6) is 0 Å². The minimum atomic E-state index is -1.48. The SMILES string of the molecule is CCOC(=O)C(C(=O)OC)c1cccc2cc(C(C(=O)OC)C(=O)OCC)n(-c3ncccn3)c12. The Morgan fingerprint density at radius 1 is 0.829 bits per heavy atom. The average Bonchev–Trinajstić information content (AvgIpc) is 3.24. The Hall–Kier alpha value is -4.28. The Labute approximate surface area is 201 Å². The van der Waals surface area contributed by atoms with Gasteiger partial charge in [-0.3, -0.25) is 23.7 Å². The molecule has 0 aliphatic rings. The van der Waals surface area contributed by atoms with E-state index in [1.54, 1.807) is 44.2 Å². The first-order valence-electron chi connectivity index (χ1n) is 10.8. The maximum absolute atomic E-state index is 12.8. The minimum Gasteiger partial charge on any atom is -0.468 e. The van der Waals surface area contributed by atoms with Crippen molar-refractivity contribution in [1.82, 2.24) is 14.5 Å². The summed E-state index contributed by atoms with van der Waals surface area (Å²) in [5, 5.41) is 0.501. The van der Waals surface area contributed by atoms with E-state index in [1.807, 2.05) is 0 Å². The molecule has 11 nitrogen and oxygen atoms in total. The molecule has 0 aliphatic carbocycles. The molecule has 0 aliphatic heterocycles. The molecule has 1 aromatic carbocycles. The maximum atomic E-state index is 12.8. The third-order valence-corrected chi connectivity index (χ3v) is 5.16. The molecule has 2 atom stereocenters. The molecule has 0 amide bonds. The van der Waals surface area contributed by atoms with Gasteiger partial charge in [-0.15, -0.1) is 0 Å². The van der Waals surface area contributed by atoms with E-state index < -0.39 is 35.7 Å². The number of ether oxygens (including phenoxy) is 4. The summed E-state index contributed by atoms with van der Waals surface area (Å²) in [6, 6.07) is 8.04. The lowest BCUT2D eigenvalue weighted by molar-refractivity contribution is -0.157. The van der Waals surface area contributed by atoms with Gasteiger partial charge in [0.05, 0.1) is 38.6 Å². The van der Waals surface area contributed by atoms with Crippen molar-refractivity contribution in [1.29, 1.82) is 0 Å². The average molecular weight is 483 g/mol. The fraction of sp³-hybridized carbons (Fsp3) is 0.333. The van der Waals surface area contributed by atoms with Crippen molar-refractivity contribution in [2.24, 2.45) is 0 Å². The fourth-order valence-corrected chi connectivity index (χ4v) is 3.75. The van der Waals surface area contributed by atoms with E-state index >= 15 is 0 Å². The summed E-state index contributed by atoms with van der Waals surface area (Å²) in [5.41, 5.74) is 0.672. The highest BCUT2D eigenvalue weighted by Crippen LogP contribution is 2.35. The number of carbonyl (C=O) groups is 4. The van der Waals surface area contributed by atoms with Crippen molar-refractivity contribution in [2.45, 2.75) is 25.7 Å². The zero-order valence-electron chi connectivity index (χ0n) is 19.7. The molecule has 2 heterocycles. The van der Waals surface area contributed by atoms with Crippen molar-refractivity contribution < 1.29 is 38.1 Å². The molecule has 0 spiro atoms. The van der Waals surface area contributed by atoms with E-state index in [1.165, 1.54) is 17.0 Å². The van der Waals surface area contributed by atoms with Gasteiger partial charge in [0.1, 0.15) is 0 Å². The predicted molar refractivity (Wildman–Crippen MR) is 122 cm³/mol. The van der Waals surface area contributed by atoms with Crippen molar-refractivity contribution >= 4 is 34.8 Å². The summed E-state index contributed by atoms with van der Waals surface area (Å²) in [5.74, 6) is -6.18. The van der Waals surface area contributed by atoms with Crippen LogP contribution in [0.2, 0.25) is 0 Å². The van der Waals surface area contributed by atoms with Crippen LogP contribution in [0.15, 0.2) is 42.7 Å². The zero-order valence-corrected chi connectivity index (χ0v) is 19.7. The first kappa shape index (κ1) is 25.3. The number of rotatable bonds is 9. The van der Waals surface area contributed by atoms with Crippen LogP contribution < -0.4 is 0 Å². The second-order valence-corrected chi connectivity index (χ2v) is 7.15. The van der Waals surface area contributed by atoms with Crippen LogP contribution in [0.1, 0.15) is 36.9 Å². The van der Waals surface area contributed by atoms with Crippen LogP contribution in [-0.2, 0) is 38.1 Å². The summed E-state index contributed by atoms with van der Waals surface area (Å²) >= 11 is 0. The lowest BCUT2D eigenvalue weighted by Gasteiger charge is -2.19. The van der Waals surface area contributed by atoms with E-state index in [9.17, 15) is 19.2 Å². The van der Waals surface area contributed by atoms with Gasteiger partial charge in [-0.2, -0.15) is 0 Å². The van der Waals surface area contributed by atoms with Crippen LogP contribution in [0, 0.1) is 0 Å². The number of carbonyl (C=O) groups excluding carboxylic acids is 4. The highest BCUT2D eigenvalue weighted by Gasteiger charge is 2.38. The number of para-hydroxylation sites is 1. The Morgan fingerprint density at radius 2 is 1.40 bits per heavy atom. The number of benzene rings is 1. The predicted octanol–water partition coefficient (Wildman–Crippen LogP) is 2.06. The summed E-state index contributed by atoms with van der Waals surface area (Å²) in [6.45, 7) is 3.31. The van der Waals surface area contributed by atoms with Gasteiger partial charge in [-0.05, 0) is 26.0 Å². The molecule has 3 aromatic rings. The van der Waals surface area contributed by atoms with Gasteiger partial charge >= 0.3 is 23.9 Å². The topological polar surface area (TPSA) is 136 Å². The second-order valence-electron chi connectivity index (χ2n) is 7.15. The van der Waals surface area contributed by atoms with Gasteiger partial charge in [0.2, 0.25) is 5.95 Å². The standard InChI is InChI=1S/C24H25N3O8/c1-5-34-22(30)17(20(28)32-3)15-10-7-9-14-13-16(18(21(29)33-4)23(31)35-6-2)27(19(14)15)24-25-11-8-12-26-24/h7-13,17-18H,5-6H2,1-4H3. The summed E-state index contributed by atoms with van der Waals surface area (Å²) < 4.78 is 21.4. The van der Waals surface area contributed by atoms with E-state index in [0.29, 0.717) is 10.9 Å². The van der Waals surface area contributed by atoms with Gasteiger partial charge in [-0.25, -0.2) is 9.97 Å². The van der Waals surface area contributed by atoms with Crippen LogP contribution in [0.25, 0.3) is 16.9 Å². The van der Waals surface area contributed by atoms with Crippen LogP contribution in [-0.4, -0.2) is 65.8 Å². The molecular weight excluding hydrogens is 458 g/mol. The highest BCUT2D eigenvalue weighted by atomic mass is 16.6. The lowest BCUT2D eigenvalue weighted by atomic mass is 9.97. The van der Waals surface area contributed by atoms with Gasteiger partial charge < -0.3 is 18.9 Å². The molecule has 0 saturated carbocycles. The third-order valence-electron chi connectivity index (χ3n) is 5.16. The Kier molecular flexibility index (Phi) is 8.13. The minimum absolute atomic E-state index is 0.0346. The first-order valence-corrected chi connectivity index (χ1v) is 10.8. The number of fused-ring (bicyclic) bond motifs is 1. The number of nitrogens with zero attached hydrogens (tertiary/aromatic N) is 3. The van der Waals surface area contributed by atoms with Gasteiger partial charge in [0.15, 0.2) is 11.8 Å². The zero-order chi connectivity index (χ0) is 25.5. The monoisotopic (exact) mass is 483 g/mol. The second kappa shape index (κ2) is 11.2. The van der Waals surface area contributed by atoms with Gasteiger partial charge in [-0.1, -0.05) is 18.2 Å². The molecule has 0 saturated heterocycles. The van der Waals surface area contributed by atoms with Crippen molar-refractivity contribution in [3.05, 3.63) is 54.0 Å². The fourth-order valence-electron chi connectivity index (χ4n) is 3.75. The van der Waals surface area contributed by atoms with Gasteiger partial charge in [0.25, 0.3) is 0 Å². The third kappa shape index (κ3) is 4.98. The molecule has 35 heavy (non-hydrogen) atoms. The molecule has 0 bridgehead atoms. The van der Waals surface area contributed by atoms with Crippen molar-refractivity contribution in [3.8, 4) is 5.95 Å². The molecule has 0 radical (unpaired) electrons. The molecular formula is C24H25N3O8.